The fourth-order valence-electron chi connectivity index (χ4n) is 7.27. The summed E-state index contributed by atoms with van der Waals surface area (Å²) in [5.74, 6) is 0.437. The van der Waals surface area contributed by atoms with Gasteiger partial charge in [0.2, 0.25) is 0 Å². The Kier molecular flexibility index (Phi) is 4.55. The lowest BCUT2D eigenvalue weighted by Crippen LogP contribution is -2.27. The van der Waals surface area contributed by atoms with Gasteiger partial charge in [0, 0.05) is 32.7 Å². The lowest BCUT2D eigenvalue weighted by atomic mass is 9.78. The van der Waals surface area contributed by atoms with Crippen LogP contribution in [0.5, 0.6) is 0 Å². The Hall–Kier alpha value is -5.08. The molecule has 41 heavy (non-hydrogen) atoms. The normalized spacial score (nSPS) is 16.5. The molecule has 1 unspecified atom stereocenters. The summed E-state index contributed by atoms with van der Waals surface area (Å²) in [4.78, 5) is 0. The van der Waals surface area contributed by atoms with E-state index in [1.165, 1.54) is 54.7 Å². The topological polar surface area (TPSA) is 18.1 Å². The van der Waals surface area contributed by atoms with Crippen LogP contribution in [0, 0.1) is 0 Å². The Morgan fingerprint density at radius 3 is 2.66 bits per heavy atom. The quantitative estimate of drug-likeness (QED) is 0.220. The minimum absolute atomic E-state index is 0.437. The van der Waals surface area contributed by atoms with E-state index in [2.05, 4.69) is 127 Å². The van der Waals surface area contributed by atoms with Gasteiger partial charge >= 0.3 is 0 Å². The summed E-state index contributed by atoms with van der Waals surface area (Å²) in [6, 6.07) is 26.5. The highest BCUT2D eigenvalue weighted by Gasteiger charge is 2.24. The van der Waals surface area contributed by atoms with Gasteiger partial charge in [-0.2, -0.15) is 0 Å². The lowest BCUT2D eigenvalue weighted by molar-refractivity contribution is 0.669. The molecule has 2 heterocycles. The van der Waals surface area contributed by atoms with Crippen molar-refractivity contribution in [3.05, 3.63) is 124 Å². The third-order valence-corrected chi connectivity index (χ3v) is 9.11. The highest BCUT2D eigenvalue weighted by molar-refractivity contribution is 6.21. The van der Waals surface area contributed by atoms with E-state index < -0.39 is 0 Å². The molecular formula is C39H27NO. The predicted molar refractivity (Wildman–Crippen MR) is 175 cm³/mol. The number of benzene rings is 5. The van der Waals surface area contributed by atoms with Gasteiger partial charge in [-0.25, -0.2) is 0 Å². The van der Waals surface area contributed by atoms with E-state index in [0.29, 0.717) is 5.92 Å². The van der Waals surface area contributed by atoms with Crippen molar-refractivity contribution < 1.29 is 4.42 Å². The largest absolute Gasteiger partial charge is 0.456 e. The number of para-hydroxylation sites is 1. The fourth-order valence-corrected chi connectivity index (χ4v) is 7.27. The molecule has 7 aromatic rings. The molecule has 0 saturated carbocycles. The number of hydrogen-bond acceptors (Lipinski definition) is 1. The molecule has 2 aliphatic carbocycles. The van der Waals surface area contributed by atoms with Crippen LogP contribution in [0.1, 0.15) is 36.0 Å². The number of fused-ring (bicyclic) bond motifs is 6. The Labute approximate surface area is 237 Å². The molecule has 0 aliphatic heterocycles. The average molecular weight is 526 g/mol. The zero-order chi connectivity index (χ0) is 27.2. The smallest absolute Gasteiger partial charge is 0.136 e. The van der Waals surface area contributed by atoms with Crippen LogP contribution < -0.4 is 10.6 Å². The first-order chi connectivity index (χ1) is 20.2. The van der Waals surface area contributed by atoms with Crippen molar-refractivity contribution >= 4 is 79.2 Å². The summed E-state index contributed by atoms with van der Waals surface area (Å²) in [7, 11) is 0. The SMILES string of the molecule is C=c1/c(=C\C=C/C)n(-c2ccc3c4c5c(ccc24)C=CCC5C=C3)c2cc3c(ccc4oc5ccccc5c43)cc12. The highest BCUT2D eigenvalue weighted by atomic mass is 16.3. The molecule has 0 saturated heterocycles. The van der Waals surface area contributed by atoms with Crippen LogP contribution in [0.25, 0.3) is 84.9 Å². The molecule has 1 atom stereocenters. The van der Waals surface area contributed by atoms with Crippen molar-refractivity contribution in [1.82, 2.24) is 4.57 Å². The Bertz CT molecular complexity index is 2480. The van der Waals surface area contributed by atoms with Gasteiger partial charge in [0.15, 0.2) is 0 Å². The third-order valence-electron chi connectivity index (χ3n) is 9.11. The maximum atomic E-state index is 6.26. The highest BCUT2D eigenvalue weighted by Crippen LogP contribution is 2.43. The van der Waals surface area contributed by atoms with E-state index in [1.54, 1.807) is 0 Å². The van der Waals surface area contributed by atoms with Crippen LogP contribution in [0.15, 0.2) is 102 Å². The molecule has 2 heteroatoms. The first kappa shape index (κ1) is 22.7. The lowest BCUT2D eigenvalue weighted by Gasteiger charge is -2.26. The van der Waals surface area contributed by atoms with Crippen LogP contribution in [0.4, 0.5) is 0 Å². The molecule has 0 bridgehead atoms. The molecule has 0 N–H and O–H groups in total. The van der Waals surface area contributed by atoms with Gasteiger partial charge in [0.25, 0.3) is 0 Å². The van der Waals surface area contributed by atoms with E-state index >= 15 is 0 Å². The number of allylic oxidation sites excluding steroid dienone is 4. The molecule has 2 nitrogen and oxygen atoms in total. The Balaban J connectivity index is 1.46. The third kappa shape index (κ3) is 3.02. The first-order valence-electron chi connectivity index (χ1n) is 14.4. The Morgan fingerprint density at radius 2 is 1.73 bits per heavy atom. The summed E-state index contributed by atoms with van der Waals surface area (Å²) in [6.45, 7) is 6.68. The second kappa shape index (κ2) is 8.22. The maximum Gasteiger partial charge on any atom is 0.136 e. The number of rotatable bonds is 2. The van der Waals surface area contributed by atoms with E-state index in [9.17, 15) is 0 Å². The van der Waals surface area contributed by atoms with Crippen LogP contribution in [0.2, 0.25) is 0 Å². The summed E-state index contributed by atoms with van der Waals surface area (Å²) in [6.07, 6.45) is 16.7. The second-order valence-electron chi connectivity index (χ2n) is 11.3. The molecule has 2 aromatic heterocycles. The van der Waals surface area contributed by atoms with Crippen molar-refractivity contribution in [1.29, 1.82) is 0 Å². The van der Waals surface area contributed by atoms with E-state index in [-0.39, 0.29) is 0 Å². The van der Waals surface area contributed by atoms with Gasteiger partial charge in [0.1, 0.15) is 11.2 Å². The standard InChI is InChI=1S/C39H27NO/c1-3-4-11-32-23(2)30-21-27-17-20-36-39(29-10-5-6-12-35(29)41-36)31(27)22-34(30)40(32)33-19-16-26-14-13-24-8-7-9-25-15-18-28(33)38(26)37(24)25/h3-7,9-22,24H,2,8H2,1H3/b4-3-,32-11+. The van der Waals surface area contributed by atoms with Crippen molar-refractivity contribution in [2.45, 2.75) is 19.3 Å². The van der Waals surface area contributed by atoms with Crippen molar-refractivity contribution in [2.75, 3.05) is 0 Å². The zero-order valence-electron chi connectivity index (χ0n) is 22.8. The van der Waals surface area contributed by atoms with Gasteiger partial charge in [-0.15, -0.1) is 0 Å². The molecule has 0 radical (unpaired) electrons. The summed E-state index contributed by atoms with van der Waals surface area (Å²) >= 11 is 0. The van der Waals surface area contributed by atoms with E-state index in [4.69, 9.17) is 4.42 Å². The van der Waals surface area contributed by atoms with Gasteiger partial charge in [-0.1, -0.05) is 85.5 Å². The molecule has 194 valence electrons. The summed E-state index contributed by atoms with van der Waals surface area (Å²) in [5, 5.41) is 10.7. The minimum Gasteiger partial charge on any atom is -0.456 e. The fraction of sp³-hybridized carbons (Fsp3) is 0.0769. The second-order valence-corrected chi connectivity index (χ2v) is 11.3. The van der Waals surface area contributed by atoms with Crippen molar-refractivity contribution in [3.63, 3.8) is 0 Å². The first-order valence-corrected chi connectivity index (χ1v) is 14.4. The molecule has 9 rings (SSSR count). The monoisotopic (exact) mass is 525 g/mol. The van der Waals surface area contributed by atoms with E-state index in [1.807, 2.05) is 6.07 Å². The summed E-state index contributed by atoms with van der Waals surface area (Å²) in [5.41, 5.74) is 8.29. The molecular weight excluding hydrogens is 498 g/mol. The molecule has 0 spiro atoms. The Morgan fingerprint density at radius 1 is 0.829 bits per heavy atom. The van der Waals surface area contributed by atoms with Crippen molar-refractivity contribution in [3.8, 4) is 5.69 Å². The van der Waals surface area contributed by atoms with Crippen LogP contribution >= 0.6 is 0 Å². The van der Waals surface area contributed by atoms with E-state index in [0.717, 1.165) is 39.1 Å². The van der Waals surface area contributed by atoms with Crippen LogP contribution in [-0.4, -0.2) is 4.57 Å². The zero-order valence-corrected chi connectivity index (χ0v) is 22.8. The van der Waals surface area contributed by atoms with Crippen LogP contribution in [-0.2, 0) is 0 Å². The molecule has 5 aromatic carbocycles. The van der Waals surface area contributed by atoms with Crippen LogP contribution in [0.3, 0.4) is 0 Å². The summed E-state index contributed by atoms with van der Waals surface area (Å²) < 4.78 is 8.69. The minimum atomic E-state index is 0.437. The number of aromatic nitrogens is 1. The molecule has 0 amide bonds. The molecule has 0 fully saturated rings. The van der Waals surface area contributed by atoms with Crippen molar-refractivity contribution in [2.24, 2.45) is 0 Å². The molecule has 2 aliphatic rings. The van der Waals surface area contributed by atoms with Gasteiger partial charge < -0.3 is 8.98 Å². The number of hydrogen-bond donors (Lipinski definition) is 0. The average Bonchev–Trinajstić information content (AvgIpc) is 3.52. The van der Waals surface area contributed by atoms with Gasteiger partial charge in [0.05, 0.1) is 16.6 Å². The number of nitrogens with zero attached hydrogens (tertiary/aromatic N) is 1. The number of furan rings is 1. The predicted octanol–water partition coefficient (Wildman–Crippen LogP) is 9.13. The van der Waals surface area contributed by atoms with Gasteiger partial charge in [-0.05, 0) is 82.6 Å². The van der Waals surface area contributed by atoms with Gasteiger partial charge in [-0.3, -0.25) is 0 Å². The maximum absolute atomic E-state index is 6.26.